The van der Waals surface area contributed by atoms with Crippen molar-refractivity contribution in [3.8, 4) is 16.9 Å². The normalized spacial score (nSPS) is 11.3. The second-order valence-electron chi connectivity index (χ2n) is 5.58. The highest BCUT2D eigenvalue weighted by Crippen LogP contribution is 2.27. The van der Waals surface area contributed by atoms with Crippen molar-refractivity contribution in [3.63, 3.8) is 0 Å². The Labute approximate surface area is 141 Å². The number of allylic oxidation sites excluding steroid dienone is 1. The van der Waals surface area contributed by atoms with Gasteiger partial charge in [0.1, 0.15) is 5.75 Å². The molecule has 24 heavy (non-hydrogen) atoms. The van der Waals surface area contributed by atoms with E-state index in [2.05, 4.69) is 4.98 Å². The van der Waals surface area contributed by atoms with Gasteiger partial charge in [0.15, 0.2) is 5.78 Å². The quantitative estimate of drug-likeness (QED) is 0.533. The molecule has 2 aromatic carbocycles. The molecule has 1 N–H and O–H groups in total. The summed E-state index contributed by atoms with van der Waals surface area (Å²) >= 11 is 0. The van der Waals surface area contributed by atoms with Crippen molar-refractivity contribution >= 4 is 11.9 Å². The second-order valence-corrected chi connectivity index (χ2v) is 5.58. The minimum Gasteiger partial charge on any atom is -0.497 e. The minimum absolute atomic E-state index is 0.0194. The molecule has 0 aliphatic carbocycles. The number of carbonyl (C=O) groups excluding carboxylic acids is 1. The van der Waals surface area contributed by atoms with Crippen LogP contribution in [0.15, 0.2) is 72.6 Å². The Morgan fingerprint density at radius 2 is 1.71 bits per heavy atom. The lowest BCUT2D eigenvalue weighted by Gasteiger charge is -2.06. The van der Waals surface area contributed by atoms with Crippen molar-refractivity contribution in [2.75, 3.05) is 7.11 Å². The number of carbonyl (C=O) groups is 1. The summed E-state index contributed by atoms with van der Waals surface area (Å²) in [6.07, 6.45) is 5.52. The summed E-state index contributed by atoms with van der Waals surface area (Å²) < 4.78 is 5.18. The number of rotatable bonds is 5. The van der Waals surface area contributed by atoms with Gasteiger partial charge in [-0.3, -0.25) is 4.79 Å². The highest BCUT2D eigenvalue weighted by atomic mass is 16.5. The second kappa shape index (κ2) is 7.01. The molecule has 0 saturated heterocycles. The molecular formula is C21H19NO2. The number of ether oxygens (including phenoxy) is 1. The largest absolute Gasteiger partial charge is 0.497 e. The van der Waals surface area contributed by atoms with Gasteiger partial charge in [0, 0.05) is 23.5 Å². The number of hydrogen-bond acceptors (Lipinski definition) is 2. The number of nitrogens with one attached hydrogen (secondary N) is 1. The van der Waals surface area contributed by atoms with E-state index < -0.39 is 0 Å². The fraction of sp³-hybridized carbons (Fsp3) is 0.0952. The number of aromatic amines is 1. The molecule has 0 radical (unpaired) electrons. The minimum atomic E-state index is 0.0194. The van der Waals surface area contributed by atoms with Crippen LogP contribution in [0.2, 0.25) is 0 Å². The summed E-state index contributed by atoms with van der Waals surface area (Å²) in [4.78, 5) is 15.9. The molecule has 0 aliphatic rings. The van der Waals surface area contributed by atoms with Crippen LogP contribution in [0.5, 0.6) is 5.75 Å². The van der Waals surface area contributed by atoms with E-state index in [0.29, 0.717) is 11.1 Å². The molecule has 0 unspecified atom stereocenters. The summed E-state index contributed by atoms with van der Waals surface area (Å²) in [6, 6.07) is 17.5. The van der Waals surface area contributed by atoms with E-state index in [1.807, 2.05) is 73.8 Å². The zero-order chi connectivity index (χ0) is 16.9. The summed E-state index contributed by atoms with van der Waals surface area (Å²) in [5.41, 5.74) is 4.27. The first-order chi connectivity index (χ1) is 11.7. The first-order valence-electron chi connectivity index (χ1n) is 7.78. The van der Waals surface area contributed by atoms with Crippen molar-refractivity contribution in [3.05, 3.63) is 83.7 Å². The lowest BCUT2D eigenvalue weighted by molar-refractivity contribution is 0.103. The molecule has 1 aromatic heterocycles. The van der Waals surface area contributed by atoms with E-state index in [4.69, 9.17) is 4.74 Å². The number of benzene rings is 2. The third kappa shape index (κ3) is 3.30. The molecule has 3 rings (SSSR count). The van der Waals surface area contributed by atoms with Crippen molar-refractivity contribution < 1.29 is 9.53 Å². The molecule has 3 heteroatoms. The number of hydrogen-bond donors (Lipinski definition) is 1. The predicted molar refractivity (Wildman–Crippen MR) is 97.2 cm³/mol. The summed E-state index contributed by atoms with van der Waals surface area (Å²) in [5.74, 6) is 0.813. The molecular weight excluding hydrogens is 298 g/mol. The maximum absolute atomic E-state index is 12.8. The van der Waals surface area contributed by atoms with Gasteiger partial charge in [-0.25, -0.2) is 0 Å². The van der Waals surface area contributed by atoms with Crippen LogP contribution in [0.4, 0.5) is 0 Å². The van der Waals surface area contributed by atoms with Gasteiger partial charge in [0.25, 0.3) is 0 Å². The Morgan fingerprint density at radius 1 is 1.00 bits per heavy atom. The molecule has 120 valence electrons. The van der Waals surface area contributed by atoms with Crippen LogP contribution in [-0.2, 0) is 0 Å². The zero-order valence-corrected chi connectivity index (χ0v) is 13.7. The van der Waals surface area contributed by atoms with E-state index in [0.717, 1.165) is 22.4 Å². The van der Waals surface area contributed by atoms with E-state index in [-0.39, 0.29) is 5.78 Å². The van der Waals surface area contributed by atoms with Crippen LogP contribution < -0.4 is 4.74 Å². The number of aromatic nitrogens is 1. The fourth-order valence-electron chi connectivity index (χ4n) is 2.64. The van der Waals surface area contributed by atoms with E-state index in [9.17, 15) is 4.79 Å². The SMILES string of the molecule is COc1ccc(-c2c[nH]cc2C(=O)/C(C)=C/c2ccccc2)cc1. The van der Waals surface area contributed by atoms with Crippen LogP contribution in [0, 0.1) is 0 Å². The first-order valence-corrected chi connectivity index (χ1v) is 7.78. The standard InChI is InChI=1S/C21H19NO2/c1-15(12-16-6-4-3-5-7-16)21(23)20-14-22-13-19(20)17-8-10-18(24-2)11-9-17/h3-14,22H,1-2H3/b15-12+. The van der Waals surface area contributed by atoms with Crippen molar-refractivity contribution in [2.24, 2.45) is 0 Å². The van der Waals surface area contributed by atoms with Gasteiger partial charge in [-0.1, -0.05) is 42.5 Å². The average Bonchev–Trinajstić information content (AvgIpc) is 3.11. The van der Waals surface area contributed by atoms with Gasteiger partial charge in [-0.2, -0.15) is 0 Å². The lowest BCUT2D eigenvalue weighted by atomic mass is 9.97. The Hall–Kier alpha value is -3.07. The summed E-state index contributed by atoms with van der Waals surface area (Å²) in [7, 11) is 1.64. The third-order valence-corrected chi connectivity index (χ3v) is 3.93. The monoisotopic (exact) mass is 317 g/mol. The zero-order valence-electron chi connectivity index (χ0n) is 13.7. The Kier molecular flexibility index (Phi) is 4.62. The molecule has 0 spiro atoms. The maximum atomic E-state index is 12.8. The van der Waals surface area contributed by atoms with Crippen LogP contribution in [-0.4, -0.2) is 17.9 Å². The van der Waals surface area contributed by atoms with E-state index in [1.54, 1.807) is 13.3 Å². The van der Waals surface area contributed by atoms with Crippen molar-refractivity contribution in [1.82, 2.24) is 4.98 Å². The van der Waals surface area contributed by atoms with Gasteiger partial charge in [-0.15, -0.1) is 0 Å². The highest BCUT2D eigenvalue weighted by Gasteiger charge is 2.15. The van der Waals surface area contributed by atoms with Gasteiger partial charge in [-0.05, 0) is 41.8 Å². The van der Waals surface area contributed by atoms with E-state index >= 15 is 0 Å². The van der Waals surface area contributed by atoms with Crippen molar-refractivity contribution in [2.45, 2.75) is 6.92 Å². The average molecular weight is 317 g/mol. The number of methoxy groups -OCH3 is 1. The maximum Gasteiger partial charge on any atom is 0.190 e. The number of H-pyrrole nitrogens is 1. The van der Waals surface area contributed by atoms with Gasteiger partial charge in [0.2, 0.25) is 0 Å². The number of Topliss-reactive ketones (excluding diaryl/α,β-unsaturated/α-hetero) is 1. The molecule has 1 heterocycles. The molecule has 0 atom stereocenters. The summed E-state index contributed by atoms with van der Waals surface area (Å²) in [6.45, 7) is 1.85. The van der Waals surface area contributed by atoms with Gasteiger partial charge < -0.3 is 9.72 Å². The van der Waals surface area contributed by atoms with Crippen LogP contribution in [0.25, 0.3) is 17.2 Å². The number of ketones is 1. The predicted octanol–water partition coefficient (Wildman–Crippen LogP) is 4.98. The topological polar surface area (TPSA) is 42.1 Å². The molecule has 0 amide bonds. The van der Waals surface area contributed by atoms with Crippen LogP contribution in [0.3, 0.4) is 0 Å². The van der Waals surface area contributed by atoms with Gasteiger partial charge >= 0.3 is 0 Å². The Morgan fingerprint density at radius 3 is 2.38 bits per heavy atom. The first kappa shape index (κ1) is 15.8. The van der Waals surface area contributed by atoms with Crippen molar-refractivity contribution in [1.29, 1.82) is 0 Å². The molecule has 3 aromatic rings. The summed E-state index contributed by atoms with van der Waals surface area (Å²) in [5, 5.41) is 0. The lowest BCUT2D eigenvalue weighted by Crippen LogP contribution is -2.01. The molecule has 3 nitrogen and oxygen atoms in total. The smallest absolute Gasteiger partial charge is 0.190 e. The molecule has 0 bridgehead atoms. The Bertz CT molecular complexity index is 858. The van der Waals surface area contributed by atoms with Crippen LogP contribution in [0.1, 0.15) is 22.8 Å². The highest BCUT2D eigenvalue weighted by molar-refractivity contribution is 6.14. The molecule has 0 saturated carbocycles. The van der Waals surface area contributed by atoms with Gasteiger partial charge in [0.05, 0.1) is 7.11 Å². The van der Waals surface area contributed by atoms with E-state index in [1.165, 1.54) is 0 Å². The molecule has 0 fully saturated rings. The third-order valence-electron chi connectivity index (χ3n) is 3.93. The molecule has 0 aliphatic heterocycles. The Balaban J connectivity index is 1.91. The fourth-order valence-corrected chi connectivity index (χ4v) is 2.64. The van der Waals surface area contributed by atoms with Crippen LogP contribution >= 0.6 is 0 Å².